The zero-order chi connectivity index (χ0) is 8.27. The molecule has 0 saturated heterocycles. The van der Waals surface area contributed by atoms with Gasteiger partial charge in [0.15, 0.2) is 0 Å². The topological polar surface area (TPSA) is 26.0 Å². The average Bonchev–Trinajstić information content (AvgIpc) is 2.03. The maximum absolute atomic E-state index is 5.61. The summed E-state index contributed by atoms with van der Waals surface area (Å²) in [5.41, 5.74) is 7.54. The number of hydrogen-bond donors (Lipinski definition) is 1. The molecule has 0 amide bonds. The van der Waals surface area contributed by atoms with Crippen molar-refractivity contribution in [1.82, 2.24) is 0 Å². The predicted molar refractivity (Wildman–Crippen MR) is 49.3 cm³/mol. The molecule has 0 aliphatic rings. The van der Waals surface area contributed by atoms with Crippen LogP contribution in [0.2, 0.25) is 0 Å². The van der Waals surface area contributed by atoms with E-state index in [1.165, 1.54) is 5.56 Å². The van der Waals surface area contributed by atoms with Crippen LogP contribution in [0.1, 0.15) is 18.4 Å². The summed E-state index contributed by atoms with van der Waals surface area (Å²) in [6.45, 7) is 2.76. The standard InChI is InChI=1S/C9H12BN/c1-7(6-11)8-3-2-4-9(10)5-8/h2-5,7H,6,11H2,1H3. The van der Waals surface area contributed by atoms with Crippen molar-refractivity contribution in [2.24, 2.45) is 5.73 Å². The summed E-state index contributed by atoms with van der Waals surface area (Å²) in [6, 6.07) is 7.86. The molecule has 1 unspecified atom stereocenters. The van der Waals surface area contributed by atoms with Crippen molar-refractivity contribution in [3.63, 3.8) is 0 Å². The molecule has 56 valence electrons. The van der Waals surface area contributed by atoms with Crippen LogP contribution in [0.25, 0.3) is 0 Å². The van der Waals surface area contributed by atoms with Crippen molar-refractivity contribution < 1.29 is 0 Å². The van der Waals surface area contributed by atoms with E-state index in [0.29, 0.717) is 12.5 Å². The Morgan fingerprint density at radius 3 is 2.82 bits per heavy atom. The Bertz CT molecular complexity index is 235. The molecule has 0 heterocycles. The smallest absolute Gasteiger partial charge is 0.113 e. The third-order valence-corrected chi connectivity index (χ3v) is 1.83. The number of nitrogens with two attached hydrogens (primary N) is 1. The largest absolute Gasteiger partial charge is 0.330 e. The summed E-state index contributed by atoms with van der Waals surface area (Å²) in [6.07, 6.45) is 0. The first kappa shape index (κ1) is 8.34. The second-order valence-electron chi connectivity index (χ2n) is 2.81. The van der Waals surface area contributed by atoms with E-state index in [1.807, 2.05) is 24.3 Å². The second kappa shape index (κ2) is 3.58. The molecule has 0 bridgehead atoms. The average molecular weight is 145 g/mol. The van der Waals surface area contributed by atoms with Crippen molar-refractivity contribution in [2.75, 3.05) is 6.54 Å². The lowest BCUT2D eigenvalue weighted by molar-refractivity contribution is 0.775. The molecule has 11 heavy (non-hydrogen) atoms. The van der Waals surface area contributed by atoms with Crippen LogP contribution in [0.4, 0.5) is 0 Å². The molecular weight excluding hydrogens is 133 g/mol. The lowest BCUT2D eigenvalue weighted by atomic mass is 9.91. The zero-order valence-corrected chi connectivity index (χ0v) is 6.75. The van der Waals surface area contributed by atoms with Gasteiger partial charge in [-0.15, -0.1) is 0 Å². The van der Waals surface area contributed by atoms with E-state index in [2.05, 4.69) is 6.92 Å². The molecule has 1 aromatic carbocycles. The van der Waals surface area contributed by atoms with Crippen molar-refractivity contribution in [3.8, 4) is 0 Å². The Morgan fingerprint density at radius 2 is 2.27 bits per heavy atom. The Labute approximate surface area is 69.0 Å². The monoisotopic (exact) mass is 145 g/mol. The number of benzene rings is 1. The molecule has 1 atom stereocenters. The van der Waals surface area contributed by atoms with Crippen molar-refractivity contribution in [2.45, 2.75) is 12.8 Å². The SMILES string of the molecule is [B]c1cccc(C(C)CN)c1. The van der Waals surface area contributed by atoms with Crippen LogP contribution in [0.15, 0.2) is 24.3 Å². The highest BCUT2D eigenvalue weighted by atomic mass is 14.5. The molecule has 1 rings (SSSR count). The van der Waals surface area contributed by atoms with Gasteiger partial charge in [0.2, 0.25) is 0 Å². The van der Waals surface area contributed by atoms with E-state index < -0.39 is 0 Å². The van der Waals surface area contributed by atoms with Crippen molar-refractivity contribution >= 4 is 13.3 Å². The van der Waals surface area contributed by atoms with Gasteiger partial charge in [0, 0.05) is 0 Å². The van der Waals surface area contributed by atoms with Gasteiger partial charge >= 0.3 is 0 Å². The van der Waals surface area contributed by atoms with Gasteiger partial charge in [0.05, 0.1) is 0 Å². The van der Waals surface area contributed by atoms with E-state index in [9.17, 15) is 0 Å². The number of hydrogen-bond acceptors (Lipinski definition) is 1. The lowest BCUT2D eigenvalue weighted by Gasteiger charge is -2.08. The molecule has 0 aromatic heterocycles. The van der Waals surface area contributed by atoms with E-state index >= 15 is 0 Å². The molecule has 0 saturated carbocycles. The summed E-state index contributed by atoms with van der Waals surface area (Å²) >= 11 is 0. The van der Waals surface area contributed by atoms with Crippen LogP contribution in [-0.2, 0) is 0 Å². The first-order valence-electron chi connectivity index (χ1n) is 3.79. The lowest BCUT2D eigenvalue weighted by Crippen LogP contribution is -2.11. The van der Waals surface area contributed by atoms with Gasteiger partial charge in [-0.25, -0.2) is 0 Å². The minimum absolute atomic E-state index is 0.401. The third kappa shape index (κ3) is 2.09. The van der Waals surface area contributed by atoms with Gasteiger partial charge in [0.1, 0.15) is 7.85 Å². The van der Waals surface area contributed by atoms with Gasteiger partial charge in [-0.05, 0) is 18.0 Å². The fourth-order valence-electron chi connectivity index (χ4n) is 1.00. The molecule has 2 heteroatoms. The maximum atomic E-state index is 5.61. The molecule has 0 spiro atoms. The minimum Gasteiger partial charge on any atom is -0.330 e. The van der Waals surface area contributed by atoms with Gasteiger partial charge in [-0.1, -0.05) is 36.7 Å². The first-order chi connectivity index (χ1) is 5.24. The van der Waals surface area contributed by atoms with Crippen molar-refractivity contribution in [3.05, 3.63) is 29.8 Å². The van der Waals surface area contributed by atoms with Crippen LogP contribution >= 0.6 is 0 Å². The van der Waals surface area contributed by atoms with Crippen LogP contribution in [0, 0.1) is 0 Å². The second-order valence-corrected chi connectivity index (χ2v) is 2.81. The fraction of sp³-hybridized carbons (Fsp3) is 0.333. The van der Waals surface area contributed by atoms with Gasteiger partial charge < -0.3 is 5.73 Å². The van der Waals surface area contributed by atoms with Gasteiger partial charge in [-0.2, -0.15) is 0 Å². The fourth-order valence-corrected chi connectivity index (χ4v) is 1.00. The quantitative estimate of drug-likeness (QED) is 0.604. The van der Waals surface area contributed by atoms with Gasteiger partial charge in [0.25, 0.3) is 0 Å². The summed E-state index contributed by atoms with van der Waals surface area (Å²) in [4.78, 5) is 0. The Morgan fingerprint density at radius 1 is 1.55 bits per heavy atom. The Kier molecular flexibility index (Phi) is 2.72. The van der Waals surface area contributed by atoms with Gasteiger partial charge in [-0.3, -0.25) is 0 Å². The number of rotatable bonds is 2. The maximum Gasteiger partial charge on any atom is 0.113 e. The first-order valence-corrected chi connectivity index (χ1v) is 3.79. The Balaban J connectivity index is 2.86. The molecule has 2 radical (unpaired) electrons. The molecule has 2 N–H and O–H groups in total. The minimum atomic E-state index is 0.401. The van der Waals surface area contributed by atoms with E-state index in [1.54, 1.807) is 0 Å². The highest BCUT2D eigenvalue weighted by molar-refractivity contribution is 6.32. The predicted octanol–water partition coefficient (Wildman–Crippen LogP) is 0.543. The summed E-state index contributed by atoms with van der Waals surface area (Å²) in [5, 5.41) is 0. The normalized spacial score (nSPS) is 12.9. The van der Waals surface area contributed by atoms with E-state index in [0.717, 1.165) is 5.46 Å². The van der Waals surface area contributed by atoms with Crippen LogP contribution < -0.4 is 11.2 Å². The molecule has 0 aliphatic heterocycles. The third-order valence-electron chi connectivity index (χ3n) is 1.83. The van der Waals surface area contributed by atoms with Crippen molar-refractivity contribution in [1.29, 1.82) is 0 Å². The van der Waals surface area contributed by atoms with Crippen LogP contribution in [0.3, 0.4) is 0 Å². The van der Waals surface area contributed by atoms with Crippen LogP contribution in [-0.4, -0.2) is 14.4 Å². The Hall–Kier alpha value is -0.755. The summed E-state index contributed by atoms with van der Waals surface area (Å²) in [7, 11) is 5.61. The molecule has 0 aliphatic carbocycles. The highest BCUT2D eigenvalue weighted by Gasteiger charge is 2.00. The molecule has 1 aromatic rings. The zero-order valence-electron chi connectivity index (χ0n) is 6.75. The van der Waals surface area contributed by atoms with Crippen LogP contribution in [0.5, 0.6) is 0 Å². The highest BCUT2D eigenvalue weighted by Crippen LogP contribution is 2.10. The summed E-state index contributed by atoms with van der Waals surface area (Å²) in [5.74, 6) is 0.401. The van der Waals surface area contributed by atoms with E-state index in [-0.39, 0.29) is 0 Å². The van der Waals surface area contributed by atoms with E-state index in [4.69, 9.17) is 13.6 Å². The molecule has 0 fully saturated rings. The molecule has 1 nitrogen and oxygen atoms in total. The molecular formula is C9H12BN. The summed E-state index contributed by atoms with van der Waals surface area (Å²) < 4.78 is 0.